The Bertz CT molecular complexity index is 591. The SMILES string of the molecule is CCN(CC)C(=O)CNc1nc(NC)nc2[nH]ncc12. The van der Waals surface area contributed by atoms with Crippen molar-refractivity contribution in [3.05, 3.63) is 6.20 Å². The van der Waals surface area contributed by atoms with E-state index in [-0.39, 0.29) is 12.5 Å². The Hall–Kier alpha value is -2.38. The Morgan fingerprint density at radius 3 is 2.75 bits per heavy atom. The third kappa shape index (κ3) is 2.79. The van der Waals surface area contributed by atoms with Crippen molar-refractivity contribution < 1.29 is 4.79 Å². The predicted molar refractivity (Wildman–Crippen MR) is 77.6 cm³/mol. The number of H-pyrrole nitrogens is 1. The van der Waals surface area contributed by atoms with Gasteiger partial charge in [-0.05, 0) is 13.8 Å². The Balaban J connectivity index is 2.16. The highest BCUT2D eigenvalue weighted by Gasteiger charge is 2.12. The van der Waals surface area contributed by atoms with Crippen LogP contribution in [0.5, 0.6) is 0 Å². The second-order valence-electron chi connectivity index (χ2n) is 4.20. The first-order chi connectivity index (χ1) is 9.69. The molecule has 8 heteroatoms. The first-order valence-electron chi connectivity index (χ1n) is 6.60. The number of aromatic nitrogens is 4. The number of fused-ring (bicyclic) bond motifs is 1. The van der Waals surface area contributed by atoms with Gasteiger partial charge in [-0.2, -0.15) is 15.1 Å². The van der Waals surface area contributed by atoms with Gasteiger partial charge in [-0.3, -0.25) is 9.89 Å². The maximum absolute atomic E-state index is 12.0. The Kier molecular flexibility index (Phi) is 4.34. The van der Waals surface area contributed by atoms with Crippen LogP contribution in [0.25, 0.3) is 11.0 Å². The van der Waals surface area contributed by atoms with E-state index in [1.165, 1.54) is 0 Å². The van der Waals surface area contributed by atoms with E-state index in [0.29, 0.717) is 30.5 Å². The van der Waals surface area contributed by atoms with Gasteiger partial charge in [0.15, 0.2) is 5.65 Å². The van der Waals surface area contributed by atoms with Gasteiger partial charge in [0.1, 0.15) is 5.82 Å². The lowest BCUT2D eigenvalue weighted by Gasteiger charge is -2.19. The summed E-state index contributed by atoms with van der Waals surface area (Å²) >= 11 is 0. The van der Waals surface area contributed by atoms with Crippen LogP contribution < -0.4 is 10.6 Å². The fraction of sp³-hybridized carbons (Fsp3) is 0.500. The van der Waals surface area contributed by atoms with Crippen LogP contribution in [0.4, 0.5) is 11.8 Å². The van der Waals surface area contributed by atoms with E-state index < -0.39 is 0 Å². The largest absolute Gasteiger partial charge is 0.360 e. The minimum absolute atomic E-state index is 0.0382. The molecule has 2 rings (SSSR count). The van der Waals surface area contributed by atoms with Crippen molar-refractivity contribution in [1.82, 2.24) is 25.1 Å². The van der Waals surface area contributed by atoms with Gasteiger partial charge >= 0.3 is 0 Å². The van der Waals surface area contributed by atoms with E-state index in [1.54, 1.807) is 18.1 Å². The molecule has 0 bridgehead atoms. The van der Waals surface area contributed by atoms with Crippen LogP contribution in [0.1, 0.15) is 13.8 Å². The summed E-state index contributed by atoms with van der Waals surface area (Å²) in [5, 5.41) is 13.4. The highest BCUT2D eigenvalue weighted by Crippen LogP contribution is 2.19. The molecular formula is C12H19N7O. The summed E-state index contributed by atoms with van der Waals surface area (Å²) in [5.41, 5.74) is 0.627. The van der Waals surface area contributed by atoms with E-state index in [0.717, 1.165) is 5.39 Å². The molecule has 2 aromatic rings. The lowest BCUT2D eigenvalue weighted by molar-refractivity contribution is -0.128. The van der Waals surface area contributed by atoms with Gasteiger partial charge in [-0.25, -0.2) is 0 Å². The fourth-order valence-electron chi connectivity index (χ4n) is 1.93. The standard InChI is InChI=1S/C12H19N7O/c1-4-19(5-2)9(20)7-14-10-8-6-15-18-11(8)17-12(13-3)16-10/h6H,4-5,7H2,1-3H3,(H3,13,14,15,16,17,18). The van der Waals surface area contributed by atoms with Crippen molar-refractivity contribution in [2.24, 2.45) is 0 Å². The molecule has 0 aliphatic heterocycles. The third-order valence-electron chi connectivity index (χ3n) is 3.06. The second kappa shape index (κ2) is 6.18. The Morgan fingerprint density at radius 1 is 1.35 bits per heavy atom. The quantitative estimate of drug-likeness (QED) is 0.718. The van der Waals surface area contributed by atoms with Gasteiger partial charge in [0.05, 0.1) is 18.1 Å². The summed E-state index contributed by atoms with van der Waals surface area (Å²) < 4.78 is 0. The van der Waals surface area contributed by atoms with Crippen molar-refractivity contribution >= 4 is 28.7 Å². The number of hydrogen-bond donors (Lipinski definition) is 3. The molecule has 3 N–H and O–H groups in total. The van der Waals surface area contributed by atoms with Crippen LogP contribution in [0.2, 0.25) is 0 Å². The van der Waals surface area contributed by atoms with Gasteiger partial charge in [0.2, 0.25) is 11.9 Å². The molecule has 0 saturated carbocycles. The second-order valence-corrected chi connectivity index (χ2v) is 4.20. The van der Waals surface area contributed by atoms with Crippen LogP contribution in [0.3, 0.4) is 0 Å². The van der Waals surface area contributed by atoms with Gasteiger partial charge in [-0.15, -0.1) is 0 Å². The minimum Gasteiger partial charge on any atom is -0.360 e. The summed E-state index contributed by atoms with van der Waals surface area (Å²) in [6.07, 6.45) is 1.64. The number of nitrogens with zero attached hydrogens (tertiary/aromatic N) is 4. The van der Waals surface area contributed by atoms with E-state index in [1.807, 2.05) is 13.8 Å². The lowest BCUT2D eigenvalue weighted by Crippen LogP contribution is -2.35. The maximum Gasteiger partial charge on any atom is 0.241 e. The molecule has 2 aromatic heterocycles. The van der Waals surface area contributed by atoms with E-state index in [2.05, 4.69) is 30.8 Å². The number of nitrogens with one attached hydrogen (secondary N) is 3. The van der Waals surface area contributed by atoms with Crippen molar-refractivity contribution in [2.45, 2.75) is 13.8 Å². The molecule has 2 heterocycles. The zero-order chi connectivity index (χ0) is 14.5. The molecule has 20 heavy (non-hydrogen) atoms. The predicted octanol–water partition coefficient (Wildman–Crippen LogP) is 0.675. The zero-order valence-corrected chi connectivity index (χ0v) is 11.9. The number of likely N-dealkylation sites (N-methyl/N-ethyl adjacent to an activating group) is 1. The summed E-state index contributed by atoms with van der Waals surface area (Å²) in [7, 11) is 1.74. The molecule has 0 radical (unpaired) electrons. The number of rotatable bonds is 6. The topological polar surface area (TPSA) is 98.8 Å². The van der Waals surface area contributed by atoms with E-state index in [9.17, 15) is 4.79 Å². The molecule has 108 valence electrons. The van der Waals surface area contributed by atoms with Gasteiger partial charge in [0.25, 0.3) is 0 Å². The summed E-state index contributed by atoms with van der Waals surface area (Å²) in [4.78, 5) is 22.3. The summed E-state index contributed by atoms with van der Waals surface area (Å²) in [5.74, 6) is 1.10. The van der Waals surface area contributed by atoms with Crippen LogP contribution in [0.15, 0.2) is 6.20 Å². The van der Waals surface area contributed by atoms with Gasteiger partial charge < -0.3 is 15.5 Å². The molecule has 0 saturated heterocycles. The zero-order valence-electron chi connectivity index (χ0n) is 11.9. The molecule has 8 nitrogen and oxygen atoms in total. The van der Waals surface area contributed by atoms with Crippen molar-refractivity contribution in [3.8, 4) is 0 Å². The van der Waals surface area contributed by atoms with E-state index >= 15 is 0 Å². The molecule has 0 aliphatic rings. The van der Waals surface area contributed by atoms with Crippen LogP contribution in [-0.2, 0) is 4.79 Å². The van der Waals surface area contributed by atoms with Crippen LogP contribution in [0, 0.1) is 0 Å². The molecule has 0 aliphatic carbocycles. The first kappa shape index (κ1) is 14.0. The average molecular weight is 277 g/mol. The molecule has 0 unspecified atom stereocenters. The number of carbonyl (C=O) groups excluding carboxylic acids is 1. The highest BCUT2D eigenvalue weighted by atomic mass is 16.2. The van der Waals surface area contributed by atoms with Crippen molar-refractivity contribution in [1.29, 1.82) is 0 Å². The summed E-state index contributed by atoms with van der Waals surface area (Å²) in [6, 6.07) is 0. The number of carbonyl (C=O) groups is 1. The number of amides is 1. The number of anilines is 2. The third-order valence-corrected chi connectivity index (χ3v) is 3.06. The molecular weight excluding hydrogens is 258 g/mol. The maximum atomic E-state index is 12.0. The monoisotopic (exact) mass is 277 g/mol. The van der Waals surface area contributed by atoms with Gasteiger partial charge in [0, 0.05) is 20.1 Å². The minimum atomic E-state index is 0.0382. The number of aromatic amines is 1. The molecule has 1 amide bonds. The van der Waals surface area contributed by atoms with Crippen LogP contribution in [-0.4, -0.2) is 57.7 Å². The smallest absolute Gasteiger partial charge is 0.241 e. The van der Waals surface area contributed by atoms with Crippen molar-refractivity contribution in [3.63, 3.8) is 0 Å². The molecule has 0 fully saturated rings. The normalized spacial score (nSPS) is 10.6. The fourth-order valence-corrected chi connectivity index (χ4v) is 1.93. The lowest BCUT2D eigenvalue weighted by atomic mass is 10.3. The Morgan fingerprint density at radius 2 is 2.10 bits per heavy atom. The van der Waals surface area contributed by atoms with Crippen molar-refractivity contribution in [2.75, 3.05) is 37.3 Å². The number of hydrogen-bond acceptors (Lipinski definition) is 6. The van der Waals surface area contributed by atoms with Crippen LogP contribution >= 0.6 is 0 Å². The summed E-state index contributed by atoms with van der Waals surface area (Å²) in [6.45, 7) is 5.51. The Labute approximate surface area is 117 Å². The highest BCUT2D eigenvalue weighted by molar-refractivity contribution is 5.89. The molecule has 0 spiro atoms. The first-order valence-corrected chi connectivity index (χ1v) is 6.60. The molecule has 0 atom stereocenters. The average Bonchev–Trinajstić information content (AvgIpc) is 2.94. The molecule has 0 aromatic carbocycles. The van der Waals surface area contributed by atoms with Gasteiger partial charge in [-0.1, -0.05) is 0 Å². The van der Waals surface area contributed by atoms with E-state index in [4.69, 9.17) is 0 Å².